The Bertz CT molecular complexity index is 264. The highest BCUT2D eigenvalue weighted by Crippen LogP contribution is 2.55. The summed E-state index contributed by atoms with van der Waals surface area (Å²) >= 11 is 0. The van der Waals surface area contributed by atoms with Gasteiger partial charge in [-0.15, -0.1) is 0 Å². The number of hydrogen-bond donors (Lipinski definition) is 0. The van der Waals surface area contributed by atoms with E-state index in [9.17, 15) is 4.79 Å². The van der Waals surface area contributed by atoms with Crippen molar-refractivity contribution in [2.45, 2.75) is 51.6 Å². The van der Waals surface area contributed by atoms with Crippen LogP contribution in [0.3, 0.4) is 0 Å². The zero-order valence-electron chi connectivity index (χ0n) is 10.6. The molecule has 3 heteroatoms. The second kappa shape index (κ2) is 5.85. The van der Waals surface area contributed by atoms with Crippen molar-refractivity contribution in [1.82, 2.24) is 0 Å². The Morgan fingerprint density at radius 2 is 2.41 bits per heavy atom. The van der Waals surface area contributed by atoms with E-state index in [0.29, 0.717) is 12.7 Å². The molecule has 2 rings (SSSR count). The van der Waals surface area contributed by atoms with Crippen LogP contribution < -0.4 is 0 Å². The van der Waals surface area contributed by atoms with Crippen molar-refractivity contribution in [3.8, 4) is 0 Å². The van der Waals surface area contributed by atoms with Gasteiger partial charge in [0.1, 0.15) is 6.10 Å². The largest absolute Gasteiger partial charge is 0.466 e. The van der Waals surface area contributed by atoms with Crippen LogP contribution in [0, 0.1) is 24.9 Å². The maximum Gasteiger partial charge on any atom is 0.308 e. The fourth-order valence-electron chi connectivity index (χ4n) is 2.44. The van der Waals surface area contributed by atoms with Crippen molar-refractivity contribution in [1.29, 1.82) is 0 Å². The highest BCUT2D eigenvalue weighted by molar-refractivity contribution is 5.72. The van der Waals surface area contributed by atoms with Gasteiger partial charge in [-0.1, -0.05) is 19.8 Å². The minimum Gasteiger partial charge on any atom is -0.466 e. The van der Waals surface area contributed by atoms with Gasteiger partial charge in [0.2, 0.25) is 0 Å². The summed E-state index contributed by atoms with van der Waals surface area (Å²) in [7, 11) is 0. The van der Waals surface area contributed by atoms with E-state index in [4.69, 9.17) is 9.47 Å². The van der Waals surface area contributed by atoms with Crippen molar-refractivity contribution in [2.24, 2.45) is 11.8 Å². The predicted molar refractivity (Wildman–Crippen MR) is 64.8 cm³/mol. The summed E-state index contributed by atoms with van der Waals surface area (Å²) in [4.78, 5) is 11.8. The highest BCUT2D eigenvalue weighted by Gasteiger charge is 2.56. The third-order valence-electron chi connectivity index (χ3n) is 3.61. The summed E-state index contributed by atoms with van der Waals surface area (Å²) < 4.78 is 10.7. The zero-order chi connectivity index (χ0) is 12.3. The molecule has 0 N–H and O–H groups in total. The molecule has 1 heterocycles. The topological polar surface area (TPSA) is 35.5 Å². The van der Waals surface area contributed by atoms with Crippen LogP contribution >= 0.6 is 0 Å². The maximum absolute atomic E-state index is 11.8. The van der Waals surface area contributed by atoms with E-state index >= 15 is 0 Å². The normalized spacial score (nSPS) is 28.1. The average molecular weight is 238 g/mol. The van der Waals surface area contributed by atoms with Crippen molar-refractivity contribution in [2.75, 3.05) is 6.61 Å². The van der Waals surface area contributed by atoms with E-state index in [0.717, 1.165) is 38.0 Å². The second-order valence-corrected chi connectivity index (χ2v) is 4.95. The average Bonchev–Trinajstić information content (AvgIpc) is 2.94. The van der Waals surface area contributed by atoms with Crippen LogP contribution in [0.25, 0.3) is 0 Å². The van der Waals surface area contributed by atoms with Gasteiger partial charge < -0.3 is 9.47 Å². The first-order valence-corrected chi connectivity index (χ1v) is 6.74. The van der Waals surface area contributed by atoms with Gasteiger partial charge in [0.25, 0.3) is 0 Å². The molecule has 17 heavy (non-hydrogen) atoms. The smallest absolute Gasteiger partial charge is 0.308 e. The molecule has 2 radical (unpaired) electrons. The van der Waals surface area contributed by atoms with Crippen molar-refractivity contribution in [3.63, 3.8) is 0 Å². The summed E-state index contributed by atoms with van der Waals surface area (Å²) in [6.45, 7) is 6.15. The Balaban J connectivity index is 1.70. The lowest BCUT2D eigenvalue weighted by Crippen LogP contribution is -2.24. The number of carbonyl (C=O) groups excluding carboxylic acids is 1. The number of esters is 1. The van der Waals surface area contributed by atoms with Crippen LogP contribution in [0.2, 0.25) is 0 Å². The number of rotatable bonds is 8. The third-order valence-corrected chi connectivity index (χ3v) is 3.61. The molecule has 0 amide bonds. The van der Waals surface area contributed by atoms with Crippen LogP contribution in [-0.2, 0) is 14.3 Å². The van der Waals surface area contributed by atoms with Crippen LogP contribution in [0.15, 0.2) is 0 Å². The number of hydrogen-bond acceptors (Lipinski definition) is 3. The monoisotopic (exact) mass is 238 g/mol. The third kappa shape index (κ3) is 3.21. The van der Waals surface area contributed by atoms with E-state index in [-0.39, 0.29) is 11.9 Å². The molecule has 96 valence electrons. The fraction of sp³-hybridized carbons (Fsp3) is 0.786. The molecule has 0 spiro atoms. The van der Waals surface area contributed by atoms with Gasteiger partial charge in [0.15, 0.2) is 0 Å². The number of unbranched alkanes of at least 4 members (excludes halogenated alkanes) is 1. The number of carbonyl (C=O) groups is 1. The molecule has 3 unspecified atom stereocenters. The minimum atomic E-state index is -0.0479. The molecular weight excluding hydrogens is 216 g/mol. The van der Waals surface area contributed by atoms with E-state index in [1.807, 2.05) is 6.92 Å². The summed E-state index contributed by atoms with van der Waals surface area (Å²) in [6, 6.07) is 0. The Hall–Kier alpha value is -0.570. The van der Waals surface area contributed by atoms with Gasteiger partial charge in [-0.25, -0.2) is 0 Å². The summed E-state index contributed by atoms with van der Waals surface area (Å²) in [6.07, 6.45) is 7.53. The first-order valence-electron chi connectivity index (χ1n) is 6.74. The van der Waals surface area contributed by atoms with Gasteiger partial charge in [0, 0.05) is 5.92 Å². The highest BCUT2D eigenvalue weighted by atomic mass is 16.5. The van der Waals surface area contributed by atoms with Gasteiger partial charge in [-0.05, 0) is 32.6 Å². The van der Waals surface area contributed by atoms with Crippen molar-refractivity contribution >= 4 is 5.97 Å². The van der Waals surface area contributed by atoms with Gasteiger partial charge in [0.05, 0.1) is 18.6 Å². The van der Waals surface area contributed by atoms with E-state index in [1.54, 1.807) is 0 Å². The minimum absolute atomic E-state index is 0.0330. The summed E-state index contributed by atoms with van der Waals surface area (Å²) in [5, 5.41) is 0. The molecule has 1 saturated carbocycles. The Labute approximate surface area is 104 Å². The Kier molecular flexibility index (Phi) is 4.43. The Morgan fingerprint density at radius 3 is 2.94 bits per heavy atom. The molecule has 2 aliphatic rings. The van der Waals surface area contributed by atoms with Crippen LogP contribution in [0.1, 0.15) is 45.4 Å². The van der Waals surface area contributed by atoms with Crippen LogP contribution in [0.5, 0.6) is 0 Å². The standard InChI is InChI=1S/C14H22O3/c1-3-5-6-10(14(15)16-4-2)7-8-12-11-9-13(11)17-12/h10-11,13H,1,3-9H2,2H3. The van der Waals surface area contributed by atoms with E-state index < -0.39 is 0 Å². The molecule has 0 aromatic carbocycles. The van der Waals surface area contributed by atoms with Gasteiger partial charge in [-0.2, -0.15) is 0 Å². The lowest BCUT2D eigenvalue weighted by Gasteiger charge is -2.26. The summed E-state index contributed by atoms with van der Waals surface area (Å²) in [5.74, 6) is 0.713. The second-order valence-electron chi connectivity index (χ2n) is 4.95. The SMILES string of the molecule is [CH2]CCCC(CC[C]1OC2CC12)C(=O)OCC. The fourth-order valence-corrected chi connectivity index (χ4v) is 2.44. The molecule has 2 fully saturated rings. The molecule has 1 aliphatic heterocycles. The summed E-state index contributed by atoms with van der Waals surface area (Å²) in [5.41, 5.74) is 0. The lowest BCUT2D eigenvalue weighted by atomic mass is 9.93. The van der Waals surface area contributed by atoms with E-state index in [1.165, 1.54) is 12.5 Å². The molecule has 1 saturated heterocycles. The molecule has 3 atom stereocenters. The molecule has 1 aliphatic carbocycles. The maximum atomic E-state index is 11.8. The van der Waals surface area contributed by atoms with Crippen LogP contribution in [-0.4, -0.2) is 18.7 Å². The lowest BCUT2D eigenvalue weighted by molar-refractivity contribution is -0.148. The van der Waals surface area contributed by atoms with Gasteiger partial charge >= 0.3 is 5.97 Å². The molecule has 0 bridgehead atoms. The predicted octanol–water partition coefficient (Wildman–Crippen LogP) is 2.90. The quantitative estimate of drug-likeness (QED) is 0.610. The molecular formula is C14H22O3. The van der Waals surface area contributed by atoms with Gasteiger partial charge in [-0.3, -0.25) is 4.79 Å². The van der Waals surface area contributed by atoms with E-state index in [2.05, 4.69) is 6.92 Å². The Morgan fingerprint density at radius 1 is 1.59 bits per heavy atom. The number of fused-ring (bicyclic) bond motifs is 1. The van der Waals surface area contributed by atoms with Crippen molar-refractivity contribution in [3.05, 3.63) is 13.0 Å². The molecule has 0 aromatic heterocycles. The molecule has 0 aromatic rings. The van der Waals surface area contributed by atoms with Crippen LogP contribution in [0.4, 0.5) is 0 Å². The molecule has 3 nitrogen and oxygen atoms in total. The first kappa shape index (κ1) is 12.9. The first-order chi connectivity index (χ1) is 8.26. The zero-order valence-corrected chi connectivity index (χ0v) is 10.6. The van der Waals surface area contributed by atoms with Crippen molar-refractivity contribution < 1.29 is 14.3 Å². The number of ether oxygens (including phenoxy) is 2.